The predicted molar refractivity (Wildman–Crippen MR) is 140 cm³/mol. The summed E-state index contributed by atoms with van der Waals surface area (Å²) in [4.78, 5) is 35.8. The summed E-state index contributed by atoms with van der Waals surface area (Å²) in [6, 6.07) is 19.1. The fraction of sp³-hybridized carbons (Fsp3) is 0.120. The maximum Gasteiger partial charge on any atom is 0.335 e. The number of nitrogens with one attached hydrogen (secondary N) is 3. The molecule has 34 heavy (non-hydrogen) atoms. The maximum absolute atomic E-state index is 12.4. The number of thiocarbonyl (C=S) groups is 1. The molecule has 3 aromatic rings. The highest BCUT2D eigenvalue weighted by atomic mass is 32.2. The number of amides is 1. The summed E-state index contributed by atoms with van der Waals surface area (Å²) in [5.41, 5.74) is 3.52. The van der Waals surface area contributed by atoms with E-state index >= 15 is 0 Å². The van der Waals surface area contributed by atoms with Crippen LogP contribution in [0.2, 0.25) is 0 Å². The monoisotopic (exact) mass is 493 g/mol. The Balaban J connectivity index is 1.54. The number of carboxylic acids is 1. The molecule has 174 valence electrons. The van der Waals surface area contributed by atoms with E-state index in [9.17, 15) is 14.4 Å². The predicted octanol–water partition coefficient (Wildman–Crippen LogP) is 5.44. The molecule has 0 aliphatic rings. The summed E-state index contributed by atoms with van der Waals surface area (Å²) < 4.78 is 0. The van der Waals surface area contributed by atoms with Gasteiger partial charge in [0, 0.05) is 27.5 Å². The highest BCUT2D eigenvalue weighted by Gasteiger charge is 2.10. The highest BCUT2D eigenvalue weighted by Crippen LogP contribution is 2.23. The van der Waals surface area contributed by atoms with Crippen molar-refractivity contribution in [1.29, 1.82) is 0 Å². The molecule has 0 fully saturated rings. The van der Waals surface area contributed by atoms with Crippen molar-refractivity contribution in [2.75, 3.05) is 21.7 Å². The van der Waals surface area contributed by atoms with E-state index in [1.165, 1.54) is 30.8 Å². The summed E-state index contributed by atoms with van der Waals surface area (Å²) in [5.74, 6) is -1.13. The third kappa shape index (κ3) is 7.16. The zero-order chi connectivity index (χ0) is 24.7. The van der Waals surface area contributed by atoms with Crippen molar-refractivity contribution in [3.63, 3.8) is 0 Å². The van der Waals surface area contributed by atoms with Crippen molar-refractivity contribution < 1.29 is 19.5 Å². The van der Waals surface area contributed by atoms with Gasteiger partial charge in [-0.1, -0.05) is 12.1 Å². The molecule has 0 heterocycles. The number of hydrogen-bond acceptors (Lipinski definition) is 5. The molecule has 0 saturated carbocycles. The van der Waals surface area contributed by atoms with E-state index in [1.807, 2.05) is 24.3 Å². The first-order chi connectivity index (χ1) is 16.2. The van der Waals surface area contributed by atoms with E-state index in [1.54, 1.807) is 37.3 Å². The summed E-state index contributed by atoms with van der Waals surface area (Å²) in [6.45, 7) is 3.32. The minimum Gasteiger partial charge on any atom is -0.478 e. The standard InChI is InChI=1S/C25H23N3O4S2/c1-15-6-7-18(24(31)32)12-22(15)28-23(30)14-34-21-5-3-4-20(13-21)27-25(33)26-19-10-8-17(9-11-19)16(2)29/h3-13H,14H2,1-2H3,(H,28,30)(H,31,32)(H2,26,27,33). The lowest BCUT2D eigenvalue weighted by molar-refractivity contribution is -0.113. The lowest BCUT2D eigenvalue weighted by Crippen LogP contribution is -2.19. The number of benzene rings is 3. The zero-order valence-corrected chi connectivity index (χ0v) is 20.2. The number of aromatic carboxylic acids is 1. The largest absolute Gasteiger partial charge is 0.478 e. The SMILES string of the molecule is CC(=O)c1ccc(NC(=S)Nc2cccc(SCC(=O)Nc3cc(C(=O)O)ccc3C)c2)cc1. The van der Waals surface area contributed by atoms with Crippen LogP contribution in [-0.2, 0) is 4.79 Å². The number of rotatable bonds is 8. The number of ketones is 1. The number of carbonyl (C=O) groups excluding carboxylic acids is 2. The average molecular weight is 494 g/mol. The quantitative estimate of drug-likeness (QED) is 0.187. The van der Waals surface area contributed by atoms with E-state index in [2.05, 4.69) is 16.0 Å². The van der Waals surface area contributed by atoms with Crippen molar-refractivity contribution in [2.24, 2.45) is 0 Å². The Morgan fingerprint density at radius 1 is 0.882 bits per heavy atom. The molecule has 0 aromatic heterocycles. The zero-order valence-electron chi connectivity index (χ0n) is 18.5. The Kier molecular flexibility index (Phi) is 8.39. The summed E-state index contributed by atoms with van der Waals surface area (Å²) in [5, 5.41) is 18.5. The second-order valence-electron chi connectivity index (χ2n) is 7.41. The van der Waals surface area contributed by atoms with Gasteiger partial charge in [0.25, 0.3) is 0 Å². The van der Waals surface area contributed by atoms with Gasteiger partial charge >= 0.3 is 5.97 Å². The Bertz CT molecular complexity index is 1240. The minimum absolute atomic E-state index is 0.000776. The van der Waals surface area contributed by atoms with Crippen molar-refractivity contribution in [3.05, 3.63) is 83.4 Å². The van der Waals surface area contributed by atoms with E-state index in [4.69, 9.17) is 17.3 Å². The Morgan fingerprint density at radius 2 is 1.56 bits per heavy atom. The van der Waals surface area contributed by atoms with Crippen molar-refractivity contribution in [2.45, 2.75) is 18.7 Å². The molecule has 0 unspecified atom stereocenters. The van der Waals surface area contributed by atoms with Crippen LogP contribution in [0.25, 0.3) is 0 Å². The molecule has 0 atom stereocenters. The molecule has 0 radical (unpaired) electrons. The first-order valence-corrected chi connectivity index (χ1v) is 11.7. The number of anilines is 3. The van der Waals surface area contributed by atoms with Gasteiger partial charge in [-0.25, -0.2) is 4.79 Å². The van der Waals surface area contributed by atoms with Crippen LogP contribution in [-0.4, -0.2) is 33.6 Å². The van der Waals surface area contributed by atoms with Gasteiger partial charge in [0.2, 0.25) is 5.91 Å². The van der Waals surface area contributed by atoms with Crippen LogP contribution in [0.15, 0.2) is 71.6 Å². The molecule has 0 saturated heterocycles. The smallest absolute Gasteiger partial charge is 0.335 e. The van der Waals surface area contributed by atoms with Crippen LogP contribution in [0.1, 0.15) is 33.2 Å². The molecule has 3 rings (SSSR count). The summed E-state index contributed by atoms with van der Waals surface area (Å²) in [7, 11) is 0. The van der Waals surface area contributed by atoms with Crippen LogP contribution in [0, 0.1) is 6.92 Å². The molecule has 0 spiro atoms. The van der Waals surface area contributed by atoms with Crippen molar-refractivity contribution in [3.8, 4) is 0 Å². The Hall–Kier alpha value is -3.69. The second-order valence-corrected chi connectivity index (χ2v) is 8.87. The highest BCUT2D eigenvalue weighted by molar-refractivity contribution is 8.00. The molecular weight excluding hydrogens is 470 g/mol. The fourth-order valence-electron chi connectivity index (χ4n) is 2.97. The van der Waals surface area contributed by atoms with Gasteiger partial charge in [0.05, 0.1) is 11.3 Å². The number of Topliss-reactive ketones (excluding diaryl/α,β-unsaturated/α-hetero) is 1. The third-order valence-corrected chi connectivity index (χ3v) is 5.97. The number of aryl methyl sites for hydroxylation is 1. The molecule has 0 aliphatic heterocycles. The summed E-state index contributed by atoms with van der Waals surface area (Å²) in [6.07, 6.45) is 0. The maximum atomic E-state index is 12.4. The lowest BCUT2D eigenvalue weighted by Gasteiger charge is -2.12. The molecule has 0 bridgehead atoms. The molecule has 0 aliphatic carbocycles. The van der Waals surface area contributed by atoms with E-state index in [0.29, 0.717) is 16.4 Å². The number of carboxylic acid groups (broad SMARTS) is 1. The van der Waals surface area contributed by atoms with Crippen LogP contribution >= 0.6 is 24.0 Å². The van der Waals surface area contributed by atoms with Gasteiger partial charge in [-0.3, -0.25) is 9.59 Å². The van der Waals surface area contributed by atoms with Gasteiger partial charge in [0.1, 0.15) is 0 Å². The third-order valence-electron chi connectivity index (χ3n) is 4.77. The lowest BCUT2D eigenvalue weighted by atomic mass is 10.1. The van der Waals surface area contributed by atoms with E-state index in [0.717, 1.165) is 21.8 Å². The first kappa shape index (κ1) is 24.9. The van der Waals surface area contributed by atoms with Gasteiger partial charge in [-0.05, 0) is 86.2 Å². The van der Waals surface area contributed by atoms with Crippen LogP contribution in [0.5, 0.6) is 0 Å². The van der Waals surface area contributed by atoms with Gasteiger partial charge in [-0.15, -0.1) is 11.8 Å². The number of thioether (sulfide) groups is 1. The van der Waals surface area contributed by atoms with Crippen LogP contribution in [0.4, 0.5) is 17.1 Å². The molecule has 4 N–H and O–H groups in total. The second kappa shape index (κ2) is 11.4. The van der Waals surface area contributed by atoms with Crippen molar-refractivity contribution in [1.82, 2.24) is 0 Å². The molecule has 1 amide bonds. The Morgan fingerprint density at radius 3 is 2.24 bits per heavy atom. The average Bonchev–Trinajstić information content (AvgIpc) is 2.79. The van der Waals surface area contributed by atoms with E-state index in [-0.39, 0.29) is 23.0 Å². The topological polar surface area (TPSA) is 108 Å². The normalized spacial score (nSPS) is 10.3. The molecule has 3 aromatic carbocycles. The first-order valence-electron chi connectivity index (χ1n) is 10.3. The van der Waals surface area contributed by atoms with Gasteiger partial charge < -0.3 is 21.1 Å². The summed E-state index contributed by atoms with van der Waals surface area (Å²) >= 11 is 6.71. The molecular formula is C25H23N3O4S2. The van der Waals surface area contributed by atoms with Gasteiger partial charge in [-0.2, -0.15) is 0 Å². The molecule has 7 nitrogen and oxygen atoms in total. The van der Waals surface area contributed by atoms with E-state index < -0.39 is 5.97 Å². The number of hydrogen-bond donors (Lipinski definition) is 4. The van der Waals surface area contributed by atoms with Crippen molar-refractivity contribution >= 4 is 63.8 Å². The van der Waals surface area contributed by atoms with Crippen LogP contribution in [0.3, 0.4) is 0 Å². The fourth-order valence-corrected chi connectivity index (χ4v) is 3.96. The minimum atomic E-state index is -1.05. The van der Waals surface area contributed by atoms with Gasteiger partial charge in [0.15, 0.2) is 10.9 Å². The Labute approximate surface area is 207 Å². The number of carbonyl (C=O) groups is 3. The molecule has 9 heteroatoms. The van der Waals surface area contributed by atoms with Crippen LogP contribution < -0.4 is 16.0 Å².